The molecule has 3 rings (SSSR count). The molecule has 144 valence electrons. The van der Waals surface area contributed by atoms with Crippen LogP contribution in [-0.2, 0) is 0 Å². The number of nitrogens with one attached hydrogen (secondary N) is 1. The Morgan fingerprint density at radius 2 is 2.08 bits per heavy atom. The average Bonchev–Trinajstić information content (AvgIpc) is 3.31. The van der Waals surface area contributed by atoms with E-state index in [1.165, 1.54) is 11.3 Å². The number of hydrogen-bond acceptors (Lipinski definition) is 5. The van der Waals surface area contributed by atoms with Crippen LogP contribution < -0.4 is 10.1 Å². The van der Waals surface area contributed by atoms with E-state index >= 15 is 0 Å². The second-order valence-electron chi connectivity index (χ2n) is 5.91. The van der Waals surface area contributed by atoms with Gasteiger partial charge in [0.1, 0.15) is 16.5 Å². The molecule has 1 aromatic heterocycles. The van der Waals surface area contributed by atoms with E-state index in [0.717, 1.165) is 48.8 Å². The van der Waals surface area contributed by atoms with E-state index in [1.807, 2.05) is 34.5 Å². The van der Waals surface area contributed by atoms with E-state index in [4.69, 9.17) is 4.74 Å². The molecule has 0 radical (unpaired) electrons. The van der Waals surface area contributed by atoms with E-state index < -0.39 is 0 Å². The first-order chi connectivity index (χ1) is 11.7. The molecule has 0 spiro atoms. The topological polar surface area (TPSA) is 54.5 Å². The third kappa shape index (κ3) is 5.10. The predicted octanol–water partition coefficient (Wildman–Crippen LogP) is 3.88. The molecule has 0 saturated carbocycles. The first-order valence-electron chi connectivity index (χ1n) is 8.34. The van der Waals surface area contributed by atoms with Crippen LogP contribution in [0.15, 0.2) is 29.6 Å². The van der Waals surface area contributed by atoms with Crippen LogP contribution >= 0.6 is 36.2 Å². The monoisotopic (exact) mass is 417 g/mol. The summed E-state index contributed by atoms with van der Waals surface area (Å²) in [6.45, 7) is 4.74. The van der Waals surface area contributed by atoms with Crippen molar-refractivity contribution in [2.75, 3.05) is 26.7 Å². The van der Waals surface area contributed by atoms with Gasteiger partial charge in [0.25, 0.3) is 5.91 Å². The summed E-state index contributed by atoms with van der Waals surface area (Å²) in [6.07, 6.45) is 1.97. The lowest BCUT2D eigenvalue weighted by molar-refractivity contribution is 0.0687. The number of methoxy groups -OCH3 is 1. The van der Waals surface area contributed by atoms with Gasteiger partial charge in [-0.15, -0.1) is 36.2 Å². The van der Waals surface area contributed by atoms with Crippen LogP contribution in [0.3, 0.4) is 0 Å². The van der Waals surface area contributed by atoms with E-state index in [9.17, 15) is 4.79 Å². The number of hydrogen-bond donors (Lipinski definition) is 1. The Morgan fingerprint density at radius 3 is 2.65 bits per heavy atom. The number of amides is 1. The number of benzene rings is 1. The van der Waals surface area contributed by atoms with Crippen molar-refractivity contribution in [2.45, 2.75) is 25.8 Å². The first-order valence-corrected chi connectivity index (χ1v) is 9.22. The number of carbonyl (C=O) groups excluding carboxylic acids is 1. The zero-order valence-corrected chi connectivity index (χ0v) is 17.4. The minimum Gasteiger partial charge on any atom is -0.497 e. The summed E-state index contributed by atoms with van der Waals surface area (Å²) in [7, 11) is 1.65. The fourth-order valence-electron chi connectivity index (χ4n) is 2.98. The Kier molecular flexibility index (Phi) is 9.36. The molecule has 26 heavy (non-hydrogen) atoms. The van der Waals surface area contributed by atoms with Gasteiger partial charge in [0, 0.05) is 30.1 Å². The van der Waals surface area contributed by atoms with Gasteiger partial charge in [0.15, 0.2) is 0 Å². The zero-order valence-electron chi connectivity index (χ0n) is 14.9. The Bertz CT molecular complexity index is 688. The molecule has 1 aromatic carbocycles. The molecule has 1 aliphatic heterocycles. The highest BCUT2D eigenvalue weighted by molar-refractivity contribution is 7.13. The van der Waals surface area contributed by atoms with E-state index in [0.29, 0.717) is 5.69 Å². The lowest BCUT2D eigenvalue weighted by Gasteiger charge is -2.27. The van der Waals surface area contributed by atoms with Crippen LogP contribution in [0, 0.1) is 0 Å². The molecule has 1 fully saturated rings. The molecule has 5 nitrogen and oxygen atoms in total. The van der Waals surface area contributed by atoms with Crippen molar-refractivity contribution >= 4 is 42.1 Å². The van der Waals surface area contributed by atoms with Gasteiger partial charge < -0.3 is 15.0 Å². The Morgan fingerprint density at radius 1 is 1.35 bits per heavy atom. The molecule has 1 saturated heterocycles. The van der Waals surface area contributed by atoms with Crippen molar-refractivity contribution in [3.05, 3.63) is 35.3 Å². The molecule has 0 bridgehead atoms. The highest BCUT2D eigenvalue weighted by Gasteiger charge is 2.28. The third-order valence-electron chi connectivity index (χ3n) is 4.26. The molecule has 8 heteroatoms. The fraction of sp³-hybridized carbons (Fsp3) is 0.444. The molecule has 1 atom stereocenters. The van der Waals surface area contributed by atoms with Crippen LogP contribution in [-0.4, -0.2) is 48.6 Å². The fourth-order valence-corrected chi connectivity index (χ4v) is 3.78. The van der Waals surface area contributed by atoms with Gasteiger partial charge in [-0.05, 0) is 43.7 Å². The Balaban J connectivity index is 0.00000169. The average molecular weight is 418 g/mol. The summed E-state index contributed by atoms with van der Waals surface area (Å²) in [5.74, 6) is 0.857. The minimum absolute atomic E-state index is 0. The van der Waals surface area contributed by atoms with Gasteiger partial charge in [-0.2, -0.15) is 0 Å². The number of ether oxygens (including phenoxy) is 1. The lowest BCUT2D eigenvalue weighted by atomic mass is 10.2. The van der Waals surface area contributed by atoms with Gasteiger partial charge in [-0.3, -0.25) is 4.79 Å². The predicted molar refractivity (Wildman–Crippen MR) is 111 cm³/mol. The molecule has 1 unspecified atom stereocenters. The maximum Gasteiger partial charge on any atom is 0.273 e. The SMILES string of the molecule is CCCN(C(=O)c1csc(-c2ccc(OC)cc2)n1)C1CCNC1.Cl.Cl. The number of rotatable bonds is 6. The van der Waals surface area contributed by atoms with Crippen molar-refractivity contribution in [1.29, 1.82) is 0 Å². The van der Waals surface area contributed by atoms with Crippen molar-refractivity contribution in [2.24, 2.45) is 0 Å². The van der Waals surface area contributed by atoms with Crippen molar-refractivity contribution < 1.29 is 9.53 Å². The highest BCUT2D eigenvalue weighted by Crippen LogP contribution is 2.26. The number of nitrogens with zero attached hydrogens (tertiary/aromatic N) is 2. The highest BCUT2D eigenvalue weighted by atomic mass is 35.5. The van der Waals surface area contributed by atoms with Gasteiger partial charge in [-0.1, -0.05) is 6.92 Å². The van der Waals surface area contributed by atoms with Gasteiger partial charge in [0.2, 0.25) is 0 Å². The number of aromatic nitrogens is 1. The molecule has 2 aromatic rings. The normalized spacial score (nSPS) is 15.7. The third-order valence-corrected chi connectivity index (χ3v) is 5.15. The van der Waals surface area contributed by atoms with Gasteiger partial charge in [0.05, 0.1) is 7.11 Å². The molecular weight excluding hydrogens is 393 g/mol. The molecular formula is C18H25Cl2N3O2S. The van der Waals surface area contributed by atoms with Crippen molar-refractivity contribution in [1.82, 2.24) is 15.2 Å². The van der Waals surface area contributed by atoms with Crippen LogP contribution in [0.1, 0.15) is 30.3 Å². The zero-order chi connectivity index (χ0) is 16.9. The molecule has 0 aliphatic carbocycles. The summed E-state index contributed by atoms with van der Waals surface area (Å²) in [6, 6.07) is 8.04. The second kappa shape index (κ2) is 10.7. The molecule has 1 N–H and O–H groups in total. The second-order valence-corrected chi connectivity index (χ2v) is 6.77. The smallest absolute Gasteiger partial charge is 0.273 e. The summed E-state index contributed by atoms with van der Waals surface area (Å²) >= 11 is 1.51. The molecule has 1 aliphatic rings. The summed E-state index contributed by atoms with van der Waals surface area (Å²) < 4.78 is 5.18. The van der Waals surface area contributed by atoms with Crippen molar-refractivity contribution in [3.63, 3.8) is 0 Å². The van der Waals surface area contributed by atoms with Gasteiger partial charge in [-0.25, -0.2) is 4.98 Å². The quantitative estimate of drug-likeness (QED) is 0.774. The van der Waals surface area contributed by atoms with Crippen LogP contribution in [0.5, 0.6) is 5.75 Å². The lowest BCUT2D eigenvalue weighted by Crippen LogP contribution is -2.42. The van der Waals surface area contributed by atoms with Crippen LogP contribution in [0.2, 0.25) is 0 Å². The maximum atomic E-state index is 12.9. The standard InChI is InChI=1S/C18H23N3O2S.2ClH/c1-3-10-21(14-8-9-19-11-14)18(22)16-12-24-17(20-16)13-4-6-15(23-2)7-5-13;;/h4-7,12,14,19H,3,8-11H2,1-2H3;2*1H. The van der Waals surface area contributed by atoms with Gasteiger partial charge >= 0.3 is 0 Å². The number of halogens is 2. The number of thiazole rings is 1. The Labute approximate surface area is 171 Å². The van der Waals surface area contributed by atoms with E-state index in [-0.39, 0.29) is 36.8 Å². The Hall–Kier alpha value is -1.34. The summed E-state index contributed by atoms with van der Waals surface area (Å²) in [5.41, 5.74) is 1.55. The van der Waals surface area contributed by atoms with Crippen LogP contribution in [0.4, 0.5) is 0 Å². The molecule has 2 heterocycles. The van der Waals surface area contributed by atoms with E-state index in [1.54, 1.807) is 7.11 Å². The van der Waals surface area contributed by atoms with E-state index in [2.05, 4.69) is 17.2 Å². The largest absolute Gasteiger partial charge is 0.497 e. The summed E-state index contributed by atoms with van der Waals surface area (Å²) in [5, 5.41) is 6.07. The summed E-state index contributed by atoms with van der Waals surface area (Å²) in [4.78, 5) is 19.4. The van der Waals surface area contributed by atoms with Crippen LogP contribution in [0.25, 0.3) is 10.6 Å². The number of carbonyl (C=O) groups is 1. The molecule has 1 amide bonds. The van der Waals surface area contributed by atoms with Crippen molar-refractivity contribution in [3.8, 4) is 16.3 Å². The minimum atomic E-state index is 0. The maximum absolute atomic E-state index is 12.9. The first kappa shape index (κ1) is 22.7.